The molecule has 0 aromatic rings. The summed E-state index contributed by atoms with van der Waals surface area (Å²) in [6.07, 6.45) is 2.28. The monoisotopic (exact) mass is 227 g/mol. The second kappa shape index (κ2) is 5.86. The number of rotatable bonds is 6. The Kier molecular flexibility index (Phi) is 4.76. The Balaban J connectivity index is 2.23. The van der Waals surface area contributed by atoms with Gasteiger partial charge < -0.3 is 21.1 Å². The van der Waals surface area contributed by atoms with Crippen molar-refractivity contribution in [3.63, 3.8) is 0 Å². The fourth-order valence-electron chi connectivity index (χ4n) is 2.01. The minimum atomic E-state index is -0.751. The molecule has 1 aliphatic rings. The maximum Gasteiger partial charge on any atom is 0.304 e. The number of hydrogen-bond donors (Lipinski definition) is 3. The molecule has 4 N–H and O–H groups in total. The SMILES string of the molecule is C=C(N)C1CCC(CN(C)CCC(=O)O)N1. The van der Waals surface area contributed by atoms with E-state index in [2.05, 4.69) is 11.9 Å². The van der Waals surface area contributed by atoms with Crippen LogP contribution in [0.5, 0.6) is 0 Å². The number of carbonyl (C=O) groups is 1. The Labute approximate surface area is 96.3 Å². The Bertz CT molecular complexity index is 268. The highest BCUT2D eigenvalue weighted by molar-refractivity contribution is 5.66. The molecule has 2 atom stereocenters. The molecule has 5 heteroatoms. The highest BCUT2D eigenvalue weighted by Crippen LogP contribution is 2.15. The summed E-state index contributed by atoms with van der Waals surface area (Å²) in [6, 6.07) is 0.613. The maximum absolute atomic E-state index is 10.4. The van der Waals surface area contributed by atoms with Gasteiger partial charge in [0.05, 0.1) is 6.42 Å². The van der Waals surface area contributed by atoms with Crippen molar-refractivity contribution in [1.82, 2.24) is 10.2 Å². The van der Waals surface area contributed by atoms with E-state index in [0.717, 1.165) is 19.4 Å². The summed E-state index contributed by atoms with van der Waals surface area (Å²) in [5.41, 5.74) is 6.33. The highest BCUT2D eigenvalue weighted by atomic mass is 16.4. The molecule has 0 aliphatic carbocycles. The zero-order valence-corrected chi connectivity index (χ0v) is 9.78. The number of aliphatic carboxylic acids is 1. The van der Waals surface area contributed by atoms with E-state index in [0.29, 0.717) is 18.3 Å². The Morgan fingerprint density at radius 1 is 1.62 bits per heavy atom. The number of hydrogen-bond acceptors (Lipinski definition) is 4. The van der Waals surface area contributed by atoms with Crippen molar-refractivity contribution in [1.29, 1.82) is 0 Å². The molecule has 0 spiro atoms. The number of nitrogens with one attached hydrogen (secondary N) is 1. The molecule has 2 unspecified atom stereocenters. The highest BCUT2D eigenvalue weighted by Gasteiger charge is 2.25. The third kappa shape index (κ3) is 4.20. The number of nitrogens with zero attached hydrogens (tertiary/aromatic N) is 1. The molecule has 0 radical (unpaired) electrons. The van der Waals surface area contributed by atoms with Crippen LogP contribution in [0, 0.1) is 0 Å². The predicted molar refractivity (Wildman–Crippen MR) is 63.0 cm³/mol. The lowest BCUT2D eigenvalue weighted by molar-refractivity contribution is -0.137. The molecule has 1 heterocycles. The minimum Gasteiger partial charge on any atom is -0.481 e. The van der Waals surface area contributed by atoms with Crippen LogP contribution in [0.4, 0.5) is 0 Å². The van der Waals surface area contributed by atoms with E-state index in [-0.39, 0.29) is 12.5 Å². The molecule has 0 bridgehead atoms. The van der Waals surface area contributed by atoms with Crippen LogP contribution in [0.25, 0.3) is 0 Å². The van der Waals surface area contributed by atoms with Gasteiger partial charge in [0.15, 0.2) is 0 Å². The van der Waals surface area contributed by atoms with Crippen LogP contribution >= 0.6 is 0 Å². The summed E-state index contributed by atoms with van der Waals surface area (Å²) in [5.74, 6) is -0.751. The van der Waals surface area contributed by atoms with Crippen LogP contribution < -0.4 is 11.1 Å². The van der Waals surface area contributed by atoms with Crippen molar-refractivity contribution in [3.8, 4) is 0 Å². The summed E-state index contributed by atoms with van der Waals surface area (Å²) in [7, 11) is 1.94. The summed E-state index contributed by atoms with van der Waals surface area (Å²) in [5, 5.41) is 12.0. The van der Waals surface area contributed by atoms with Gasteiger partial charge in [0, 0.05) is 30.9 Å². The second-order valence-electron chi connectivity index (χ2n) is 4.47. The van der Waals surface area contributed by atoms with Gasteiger partial charge >= 0.3 is 5.97 Å². The van der Waals surface area contributed by atoms with Crippen molar-refractivity contribution in [2.75, 3.05) is 20.1 Å². The van der Waals surface area contributed by atoms with Crippen LogP contribution in [-0.4, -0.2) is 48.2 Å². The molecular formula is C11H21N3O2. The molecular weight excluding hydrogens is 206 g/mol. The molecule has 16 heavy (non-hydrogen) atoms. The zero-order chi connectivity index (χ0) is 12.1. The maximum atomic E-state index is 10.4. The number of carboxylic acid groups (broad SMARTS) is 1. The molecule has 92 valence electrons. The fraction of sp³-hybridized carbons (Fsp3) is 0.727. The molecule has 5 nitrogen and oxygen atoms in total. The number of nitrogens with two attached hydrogens (primary N) is 1. The van der Waals surface area contributed by atoms with Gasteiger partial charge in [-0.15, -0.1) is 0 Å². The molecule has 1 rings (SSSR count). The summed E-state index contributed by atoms with van der Waals surface area (Å²) >= 11 is 0. The first-order valence-electron chi connectivity index (χ1n) is 5.59. The Morgan fingerprint density at radius 2 is 2.31 bits per heavy atom. The van der Waals surface area contributed by atoms with Crippen LogP contribution in [0.15, 0.2) is 12.3 Å². The predicted octanol–water partition coefficient (Wildman–Crippen LogP) is -0.0141. The molecule has 1 saturated heterocycles. The van der Waals surface area contributed by atoms with E-state index < -0.39 is 5.97 Å². The van der Waals surface area contributed by atoms with E-state index >= 15 is 0 Å². The van der Waals surface area contributed by atoms with Gasteiger partial charge in [-0.2, -0.15) is 0 Å². The third-order valence-electron chi connectivity index (χ3n) is 2.93. The van der Waals surface area contributed by atoms with Gasteiger partial charge in [-0.3, -0.25) is 4.79 Å². The summed E-state index contributed by atoms with van der Waals surface area (Å²) in [6.45, 7) is 5.18. The molecule has 0 amide bonds. The lowest BCUT2D eigenvalue weighted by atomic mass is 10.1. The van der Waals surface area contributed by atoms with Gasteiger partial charge in [-0.1, -0.05) is 6.58 Å². The minimum absolute atomic E-state index is 0.191. The normalized spacial score (nSPS) is 24.9. The average Bonchev–Trinajstić information content (AvgIpc) is 2.63. The molecule has 1 fully saturated rings. The van der Waals surface area contributed by atoms with Gasteiger partial charge in [-0.25, -0.2) is 0 Å². The lowest BCUT2D eigenvalue weighted by Crippen LogP contribution is -2.40. The van der Waals surface area contributed by atoms with Crippen molar-refractivity contribution in [2.24, 2.45) is 5.73 Å². The molecule has 0 aromatic carbocycles. The van der Waals surface area contributed by atoms with E-state index in [1.807, 2.05) is 11.9 Å². The first-order valence-corrected chi connectivity index (χ1v) is 5.59. The van der Waals surface area contributed by atoms with Gasteiger partial charge in [0.2, 0.25) is 0 Å². The molecule has 0 saturated carbocycles. The van der Waals surface area contributed by atoms with E-state index in [4.69, 9.17) is 10.8 Å². The quantitative estimate of drug-likeness (QED) is 0.594. The van der Waals surface area contributed by atoms with Crippen molar-refractivity contribution >= 4 is 5.97 Å². The van der Waals surface area contributed by atoms with Gasteiger partial charge in [0.1, 0.15) is 0 Å². The number of carboxylic acids is 1. The first-order chi connectivity index (χ1) is 7.49. The average molecular weight is 227 g/mol. The topological polar surface area (TPSA) is 78.6 Å². The second-order valence-corrected chi connectivity index (χ2v) is 4.47. The summed E-state index contributed by atoms with van der Waals surface area (Å²) < 4.78 is 0. The van der Waals surface area contributed by atoms with Crippen LogP contribution in [-0.2, 0) is 4.79 Å². The van der Waals surface area contributed by atoms with Crippen LogP contribution in [0.2, 0.25) is 0 Å². The Hall–Kier alpha value is -1.07. The smallest absolute Gasteiger partial charge is 0.304 e. The van der Waals surface area contributed by atoms with E-state index in [1.165, 1.54) is 0 Å². The standard InChI is InChI=1S/C11H21N3O2/c1-8(12)10-4-3-9(13-10)7-14(2)6-5-11(15)16/h9-10,13H,1,3-7,12H2,2H3,(H,15,16). The first kappa shape index (κ1) is 13.0. The fourth-order valence-corrected chi connectivity index (χ4v) is 2.01. The number of likely N-dealkylation sites (N-methyl/N-ethyl adjacent to an activating group) is 1. The van der Waals surface area contributed by atoms with Gasteiger partial charge in [0.25, 0.3) is 0 Å². The third-order valence-corrected chi connectivity index (χ3v) is 2.93. The van der Waals surface area contributed by atoms with Crippen molar-refractivity contribution in [3.05, 3.63) is 12.3 Å². The Morgan fingerprint density at radius 3 is 2.81 bits per heavy atom. The lowest BCUT2D eigenvalue weighted by Gasteiger charge is -2.21. The largest absolute Gasteiger partial charge is 0.481 e. The molecule has 1 aliphatic heterocycles. The van der Waals surface area contributed by atoms with Gasteiger partial charge in [-0.05, 0) is 19.9 Å². The molecule has 0 aromatic heterocycles. The summed E-state index contributed by atoms with van der Waals surface area (Å²) in [4.78, 5) is 12.4. The zero-order valence-electron chi connectivity index (χ0n) is 9.78. The van der Waals surface area contributed by atoms with E-state index in [1.54, 1.807) is 0 Å². The van der Waals surface area contributed by atoms with Crippen LogP contribution in [0.3, 0.4) is 0 Å². The van der Waals surface area contributed by atoms with Crippen LogP contribution in [0.1, 0.15) is 19.3 Å². The van der Waals surface area contributed by atoms with E-state index in [9.17, 15) is 4.79 Å². The van der Waals surface area contributed by atoms with Crippen molar-refractivity contribution < 1.29 is 9.90 Å². The van der Waals surface area contributed by atoms with Crippen molar-refractivity contribution in [2.45, 2.75) is 31.3 Å².